The van der Waals surface area contributed by atoms with E-state index in [0.717, 1.165) is 12.8 Å². The summed E-state index contributed by atoms with van der Waals surface area (Å²) in [6.07, 6.45) is 2.01. The van der Waals surface area contributed by atoms with Crippen LogP contribution in [-0.4, -0.2) is 46.5 Å². The summed E-state index contributed by atoms with van der Waals surface area (Å²) in [5.41, 5.74) is 1.53. The largest absolute Gasteiger partial charge is 0.352 e. The van der Waals surface area contributed by atoms with Gasteiger partial charge in [-0.15, -0.1) is 0 Å². The molecule has 2 N–H and O–H groups in total. The third kappa shape index (κ3) is 3.74. The highest BCUT2D eigenvalue weighted by molar-refractivity contribution is 5.95. The molecule has 0 atom stereocenters. The first-order valence-corrected chi connectivity index (χ1v) is 7.39. The minimum atomic E-state index is -0.331. The molecule has 2 aromatic rings. The minimum absolute atomic E-state index is 0.000233. The van der Waals surface area contributed by atoms with Crippen LogP contribution in [0.2, 0.25) is 0 Å². The third-order valence-electron chi connectivity index (χ3n) is 3.62. The summed E-state index contributed by atoms with van der Waals surface area (Å²) in [7, 11) is 1.56. The zero-order chi connectivity index (χ0) is 16.4. The van der Waals surface area contributed by atoms with Crippen LogP contribution in [0.3, 0.4) is 0 Å². The van der Waals surface area contributed by atoms with E-state index < -0.39 is 0 Å². The molecule has 1 aliphatic carbocycles. The van der Waals surface area contributed by atoms with E-state index in [9.17, 15) is 14.0 Å². The van der Waals surface area contributed by atoms with Gasteiger partial charge in [-0.3, -0.25) is 14.7 Å². The molecule has 2 amide bonds. The van der Waals surface area contributed by atoms with E-state index in [2.05, 4.69) is 15.5 Å². The highest BCUT2D eigenvalue weighted by Crippen LogP contribution is 2.19. The summed E-state index contributed by atoms with van der Waals surface area (Å²) >= 11 is 0. The molecule has 3 rings (SSSR count). The van der Waals surface area contributed by atoms with Crippen LogP contribution < -0.4 is 5.32 Å². The van der Waals surface area contributed by atoms with E-state index in [4.69, 9.17) is 0 Å². The predicted molar refractivity (Wildman–Crippen MR) is 82.1 cm³/mol. The monoisotopic (exact) mass is 316 g/mol. The van der Waals surface area contributed by atoms with Crippen LogP contribution in [0, 0.1) is 5.82 Å². The third-order valence-corrected chi connectivity index (χ3v) is 3.62. The molecule has 120 valence electrons. The van der Waals surface area contributed by atoms with E-state index in [1.165, 1.54) is 17.0 Å². The van der Waals surface area contributed by atoms with Crippen molar-refractivity contribution in [3.05, 3.63) is 41.8 Å². The zero-order valence-corrected chi connectivity index (χ0v) is 12.7. The fourth-order valence-corrected chi connectivity index (χ4v) is 2.19. The van der Waals surface area contributed by atoms with Crippen molar-refractivity contribution in [3.8, 4) is 11.3 Å². The first-order chi connectivity index (χ1) is 11.0. The number of likely N-dealkylation sites (N-methyl/N-ethyl adjacent to an activating group) is 1. The lowest BCUT2D eigenvalue weighted by atomic mass is 10.1. The lowest BCUT2D eigenvalue weighted by Gasteiger charge is -2.15. The van der Waals surface area contributed by atoms with Crippen molar-refractivity contribution in [1.82, 2.24) is 20.4 Å². The second-order valence-corrected chi connectivity index (χ2v) is 5.68. The molecule has 1 saturated carbocycles. The van der Waals surface area contributed by atoms with Gasteiger partial charge in [-0.25, -0.2) is 4.39 Å². The highest BCUT2D eigenvalue weighted by Gasteiger charge is 2.25. The van der Waals surface area contributed by atoms with Gasteiger partial charge in [-0.05, 0) is 43.2 Å². The molecule has 0 unspecified atom stereocenters. The van der Waals surface area contributed by atoms with E-state index in [-0.39, 0.29) is 35.9 Å². The number of hydrogen-bond acceptors (Lipinski definition) is 3. The molecule has 1 aliphatic rings. The number of hydrogen-bond donors (Lipinski definition) is 2. The van der Waals surface area contributed by atoms with Crippen molar-refractivity contribution >= 4 is 11.8 Å². The molecule has 1 heterocycles. The van der Waals surface area contributed by atoms with Crippen LogP contribution >= 0.6 is 0 Å². The molecule has 1 fully saturated rings. The minimum Gasteiger partial charge on any atom is -0.352 e. The standard InChI is InChI=1S/C16H17FN4O2/c1-21(9-15(22)18-12-6-7-12)16(23)14-8-13(19-20-14)10-2-4-11(17)5-3-10/h2-5,8,12H,6-7,9H2,1H3,(H,18,22)(H,19,20). The first kappa shape index (κ1) is 15.2. The van der Waals surface area contributed by atoms with Gasteiger partial charge in [0.2, 0.25) is 5.91 Å². The summed E-state index contributed by atoms with van der Waals surface area (Å²) in [5, 5.41) is 9.55. The lowest BCUT2D eigenvalue weighted by Crippen LogP contribution is -2.39. The molecule has 0 radical (unpaired) electrons. The maximum atomic E-state index is 12.9. The zero-order valence-electron chi connectivity index (χ0n) is 12.7. The predicted octanol–water partition coefficient (Wildman–Crippen LogP) is 1.57. The van der Waals surface area contributed by atoms with E-state index >= 15 is 0 Å². The fraction of sp³-hybridized carbons (Fsp3) is 0.312. The smallest absolute Gasteiger partial charge is 0.272 e. The lowest BCUT2D eigenvalue weighted by molar-refractivity contribution is -0.121. The van der Waals surface area contributed by atoms with Crippen LogP contribution in [-0.2, 0) is 4.79 Å². The second-order valence-electron chi connectivity index (χ2n) is 5.68. The number of aromatic nitrogens is 2. The Hall–Kier alpha value is -2.70. The van der Waals surface area contributed by atoms with Crippen molar-refractivity contribution in [2.75, 3.05) is 13.6 Å². The molecular weight excluding hydrogens is 299 g/mol. The number of carbonyl (C=O) groups is 2. The van der Waals surface area contributed by atoms with Gasteiger partial charge in [0.25, 0.3) is 5.91 Å². The maximum absolute atomic E-state index is 12.9. The second kappa shape index (κ2) is 6.20. The van der Waals surface area contributed by atoms with Gasteiger partial charge in [0.1, 0.15) is 11.5 Å². The van der Waals surface area contributed by atoms with Crippen LogP contribution in [0.1, 0.15) is 23.3 Å². The van der Waals surface area contributed by atoms with Gasteiger partial charge in [0, 0.05) is 18.7 Å². The summed E-state index contributed by atoms with van der Waals surface area (Å²) in [6.45, 7) is 0.000233. The van der Waals surface area contributed by atoms with Crippen molar-refractivity contribution < 1.29 is 14.0 Å². The Labute approximate surface area is 132 Å². The Morgan fingerprint density at radius 1 is 1.35 bits per heavy atom. The Kier molecular flexibility index (Phi) is 4.10. The van der Waals surface area contributed by atoms with Crippen molar-refractivity contribution in [2.45, 2.75) is 18.9 Å². The normalized spacial score (nSPS) is 13.7. The molecule has 0 aliphatic heterocycles. The number of halogens is 1. The molecule has 0 bridgehead atoms. The van der Waals surface area contributed by atoms with Crippen LogP contribution in [0.15, 0.2) is 30.3 Å². The van der Waals surface area contributed by atoms with Crippen molar-refractivity contribution in [2.24, 2.45) is 0 Å². The molecule has 1 aromatic heterocycles. The molecule has 0 spiro atoms. The highest BCUT2D eigenvalue weighted by atomic mass is 19.1. The number of aromatic amines is 1. The van der Waals surface area contributed by atoms with Gasteiger partial charge in [0.05, 0.1) is 12.2 Å². The van der Waals surface area contributed by atoms with Crippen molar-refractivity contribution in [3.63, 3.8) is 0 Å². The Balaban J connectivity index is 1.65. The van der Waals surface area contributed by atoms with E-state index in [1.807, 2.05) is 0 Å². The average Bonchev–Trinajstić information content (AvgIpc) is 3.19. The number of H-pyrrole nitrogens is 1. The van der Waals surface area contributed by atoms with Crippen molar-refractivity contribution in [1.29, 1.82) is 0 Å². The first-order valence-electron chi connectivity index (χ1n) is 7.39. The summed E-state index contributed by atoms with van der Waals surface area (Å²) in [6, 6.07) is 7.70. The number of nitrogens with one attached hydrogen (secondary N) is 2. The van der Waals surface area contributed by atoms with Gasteiger partial charge in [-0.2, -0.15) is 5.10 Å². The summed E-state index contributed by atoms with van der Waals surface area (Å²) < 4.78 is 12.9. The average molecular weight is 316 g/mol. The Morgan fingerprint density at radius 2 is 2.04 bits per heavy atom. The SMILES string of the molecule is CN(CC(=O)NC1CC1)C(=O)c1cc(-c2ccc(F)cc2)n[nH]1. The van der Waals surface area contributed by atoms with Gasteiger partial charge in [0.15, 0.2) is 0 Å². The molecular formula is C16H17FN4O2. The molecule has 6 nitrogen and oxygen atoms in total. The van der Waals surface area contributed by atoms with E-state index in [1.54, 1.807) is 25.2 Å². The number of rotatable bonds is 5. The van der Waals surface area contributed by atoms with Gasteiger partial charge in [-0.1, -0.05) is 0 Å². The number of carbonyl (C=O) groups excluding carboxylic acids is 2. The molecule has 1 aromatic carbocycles. The van der Waals surface area contributed by atoms with Crippen LogP contribution in [0.5, 0.6) is 0 Å². The molecule has 7 heteroatoms. The Morgan fingerprint density at radius 3 is 2.70 bits per heavy atom. The van der Waals surface area contributed by atoms with Crippen LogP contribution in [0.25, 0.3) is 11.3 Å². The van der Waals surface area contributed by atoms with Crippen LogP contribution in [0.4, 0.5) is 4.39 Å². The number of nitrogens with zero attached hydrogens (tertiary/aromatic N) is 2. The summed E-state index contributed by atoms with van der Waals surface area (Å²) in [4.78, 5) is 25.4. The van der Waals surface area contributed by atoms with Gasteiger partial charge < -0.3 is 10.2 Å². The van der Waals surface area contributed by atoms with E-state index in [0.29, 0.717) is 11.3 Å². The number of benzene rings is 1. The molecule has 0 saturated heterocycles. The Bertz CT molecular complexity index is 722. The summed E-state index contributed by atoms with van der Waals surface area (Å²) in [5.74, 6) is -0.819. The number of amides is 2. The maximum Gasteiger partial charge on any atom is 0.272 e. The topological polar surface area (TPSA) is 78.1 Å². The van der Waals surface area contributed by atoms with Gasteiger partial charge >= 0.3 is 0 Å². The quantitative estimate of drug-likeness (QED) is 0.879. The molecule has 23 heavy (non-hydrogen) atoms. The fourth-order valence-electron chi connectivity index (χ4n) is 2.19.